The minimum absolute atomic E-state index is 0.0706. The van der Waals surface area contributed by atoms with Crippen molar-refractivity contribution >= 4 is 25.7 Å². The van der Waals surface area contributed by atoms with Gasteiger partial charge in [-0.3, -0.25) is 23.4 Å². The first kappa shape index (κ1) is 56.1. The fraction of sp³-hybridized carbons (Fsp3) is 0.717. The third-order valence-corrected chi connectivity index (χ3v) is 10.2. The summed E-state index contributed by atoms with van der Waals surface area (Å²) in [6.45, 7) is 2.28. The molecule has 0 bridgehead atoms. The van der Waals surface area contributed by atoms with E-state index in [1.165, 1.54) is 64.2 Å². The molecule has 0 radical (unpaired) electrons. The maximum atomic E-state index is 12.6. The van der Waals surface area contributed by atoms with E-state index >= 15 is 0 Å². The maximum Gasteiger partial charge on any atom is 0.472 e. The lowest BCUT2D eigenvalue weighted by Crippen LogP contribution is -2.34. The highest BCUT2D eigenvalue weighted by Crippen LogP contribution is 2.43. The summed E-state index contributed by atoms with van der Waals surface area (Å²) in [5.74, 6) is -2.48. The quantitative estimate of drug-likeness (QED) is 0.0197. The number of carboxylic acids is 1. The monoisotopic (exact) mass is 854 g/mol. The van der Waals surface area contributed by atoms with E-state index in [-0.39, 0.29) is 25.6 Å². The fourth-order valence-electron chi connectivity index (χ4n) is 5.72. The van der Waals surface area contributed by atoms with Crippen LogP contribution in [-0.2, 0) is 37.5 Å². The van der Waals surface area contributed by atoms with E-state index < -0.39 is 51.1 Å². The molecule has 12 nitrogen and oxygen atoms in total. The number of carbonyl (C=O) groups is 3. The second kappa shape index (κ2) is 40.5. The number of hydrogen-bond donors (Lipinski definition) is 4. The van der Waals surface area contributed by atoms with Gasteiger partial charge in [-0.25, -0.2) is 4.57 Å². The number of nitrogens with two attached hydrogens (primary N) is 1. The Balaban J connectivity index is 4.45. The Morgan fingerprint density at radius 3 is 1.58 bits per heavy atom. The van der Waals surface area contributed by atoms with Crippen LogP contribution in [0.4, 0.5) is 0 Å². The highest BCUT2D eigenvalue weighted by molar-refractivity contribution is 7.47. The summed E-state index contributed by atoms with van der Waals surface area (Å²) < 4.78 is 32.6. The summed E-state index contributed by atoms with van der Waals surface area (Å²) >= 11 is 0. The van der Waals surface area contributed by atoms with Crippen molar-refractivity contribution < 1.29 is 52.6 Å². The molecule has 0 rings (SSSR count). The van der Waals surface area contributed by atoms with Crippen LogP contribution in [0.2, 0.25) is 0 Å². The Bertz CT molecular complexity index is 1250. The van der Waals surface area contributed by atoms with E-state index in [4.69, 9.17) is 24.8 Å². The van der Waals surface area contributed by atoms with Gasteiger partial charge in [-0.05, 0) is 90.4 Å². The molecule has 4 atom stereocenters. The molecule has 0 aromatic heterocycles. The van der Waals surface area contributed by atoms with Gasteiger partial charge in [0.15, 0.2) is 6.10 Å². The standard InChI is InChI=1S/C46H80NO11P/c1-3-4-5-6-7-8-9-10-11-12-15-18-21-24-27-30-33-36-44(49)55-38-42(39-56-59(53,54)57-40-43(47)46(51)52)58-45(50)37-34-31-28-25-22-19-16-13-14-17-20-23-26-29-32-35-41(2)48/h10-11,14,16-17,19,23,25-26,28,41-43,48H,3-9,12-13,15,18,20-22,24,27,29-40,47H2,1-2H3,(H,51,52)(H,53,54)/b11-10-,17-14-,19-16-,26-23-,28-25-/t41-,42+,43-/m0/s1. The van der Waals surface area contributed by atoms with Crippen LogP contribution in [0.5, 0.6) is 0 Å². The number of aliphatic hydroxyl groups excluding tert-OH is 1. The first-order valence-electron chi connectivity index (χ1n) is 22.3. The molecule has 0 heterocycles. The number of unbranched alkanes of at least 4 members (excludes halogenated alkanes) is 15. The minimum atomic E-state index is -4.74. The normalized spacial score (nSPS) is 14.8. The number of carbonyl (C=O) groups excluding carboxylic acids is 2. The number of carboxylic acid groups (broad SMARTS) is 1. The largest absolute Gasteiger partial charge is 0.480 e. The summed E-state index contributed by atoms with van der Waals surface area (Å²) in [7, 11) is -4.74. The molecule has 0 aliphatic carbocycles. The molecule has 0 spiro atoms. The molecule has 0 aromatic rings. The lowest BCUT2D eigenvalue weighted by atomic mass is 10.1. The number of phosphoric acid groups is 1. The summed E-state index contributed by atoms with van der Waals surface area (Å²) in [6, 6.07) is -1.54. The molecule has 1 unspecified atom stereocenters. The van der Waals surface area contributed by atoms with Crippen LogP contribution in [-0.4, -0.2) is 71.1 Å². The zero-order valence-electron chi connectivity index (χ0n) is 36.4. The van der Waals surface area contributed by atoms with Gasteiger partial charge in [-0.2, -0.15) is 0 Å². The molecule has 0 saturated heterocycles. The molecule has 13 heteroatoms. The van der Waals surface area contributed by atoms with Crippen molar-refractivity contribution in [2.75, 3.05) is 19.8 Å². The van der Waals surface area contributed by atoms with E-state index in [0.717, 1.165) is 64.2 Å². The SMILES string of the molecule is CCCCCCCC/C=C\CCCCCCCCCC(=O)OC[C@H](COP(=O)(O)OC[C@H](N)C(=O)O)OC(=O)CCC/C=C\C/C=C\C/C=C\C/C=C\CCC[C@H](C)O. The zero-order chi connectivity index (χ0) is 43.7. The number of allylic oxidation sites excluding steroid dienone is 10. The summed E-state index contributed by atoms with van der Waals surface area (Å²) in [4.78, 5) is 46.0. The smallest absolute Gasteiger partial charge is 0.472 e. The second-order valence-electron chi connectivity index (χ2n) is 15.1. The van der Waals surface area contributed by atoms with Crippen LogP contribution in [0.1, 0.15) is 174 Å². The van der Waals surface area contributed by atoms with E-state index in [0.29, 0.717) is 19.3 Å². The van der Waals surface area contributed by atoms with Gasteiger partial charge in [0.05, 0.1) is 19.3 Å². The maximum absolute atomic E-state index is 12.6. The number of phosphoric ester groups is 1. The average molecular weight is 854 g/mol. The molecule has 59 heavy (non-hydrogen) atoms. The molecule has 5 N–H and O–H groups in total. The molecule has 340 valence electrons. The van der Waals surface area contributed by atoms with Gasteiger partial charge >= 0.3 is 25.7 Å². The molecule has 0 amide bonds. The number of rotatable bonds is 41. The topological polar surface area (TPSA) is 192 Å². The third kappa shape index (κ3) is 41.7. The molecule has 0 saturated carbocycles. The average Bonchev–Trinajstić information content (AvgIpc) is 3.20. The van der Waals surface area contributed by atoms with Crippen LogP contribution in [0.3, 0.4) is 0 Å². The van der Waals surface area contributed by atoms with Crippen molar-refractivity contribution in [1.29, 1.82) is 0 Å². The highest BCUT2D eigenvalue weighted by Gasteiger charge is 2.28. The Morgan fingerprint density at radius 2 is 1.03 bits per heavy atom. The van der Waals surface area contributed by atoms with Gasteiger partial charge in [0.25, 0.3) is 0 Å². The molecular formula is C46H80NO11P. The van der Waals surface area contributed by atoms with E-state index in [1.807, 2.05) is 19.1 Å². The number of hydrogen-bond acceptors (Lipinski definition) is 10. The molecular weight excluding hydrogens is 773 g/mol. The predicted molar refractivity (Wildman–Crippen MR) is 237 cm³/mol. The zero-order valence-corrected chi connectivity index (χ0v) is 37.3. The Hall–Kier alpha value is -2.86. The van der Waals surface area contributed by atoms with Gasteiger partial charge < -0.3 is 30.3 Å². The van der Waals surface area contributed by atoms with Crippen molar-refractivity contribution in [3.05, 3.63) is 60.8 Å². The summed E-state index contributed by atoms with van der Waals surface area (Å²) in [6.07, 6.45) is 44.2. The van der Waals surface area contributed by atoms with E-state index in [9.17, 15) is 28.9 Å². The number of aliphatic carboxylic acids is 1. The van der Waals surface area contributed by atoms with E-state index in [1.54, 1.807) is 0 Å². The fourth-order valence-corrected chi connectivity index (χ4v) is 6.50. The molecule has 0 fully saturated rings. The van der Waals surface area contributed by atoms with Crippen LogP contribution in [0.15, 0.2) is 60.8 Å². The Morgan fingerprint density at radius 1 is 0.593 bits per heavy atom. The Kier molecular flexibility index (Phi) is 38.6. The first-order valence-corrected chi connectivity index (χ1v) is 23.8. The lowest BCUT2D eigenvalue weighted by molar-refractivity contribution is -0.161. The van der Waals surface area contributed by atoms with Gasteiger partial charge in [-0.1, -0.05) is 132 Å². The third-order valence-electron chi connectivity index (χ3n) is 9.26. The number of ether oxygens (including phenoxy) is 2. The lowest BCUT2D eigenvalue weighted by Gasteiger charge is -2.20. The second-order valence-corrected chi connectivity index (χ2v) is 16.6. The van der Waals surface area contributed by atoms with Gasteiger partial charge in [0.1, 0.15) is 12.6 Å². The van der Waals surface area contributed by atoms with Crippen LogP contribution >= 0.6 is 7.82 Å². The minimum Gasteiger partial charge on any atom is -0.480 e. The van der Waals surface area contributed by atoms with Gasteiger partial charge in [0, 0.05) is 12.8 Å². The van der Waals surface area contributed by atoms with Crippen molar-refractivity contribution in [3.8, 4) is 0 Å². The van der Waals surface area contributed by atoms with Crippen LogP contribution in [0, 0.1) is 0 Å². The van der Waals surface area contributed by atoms with Crippen LogP contribution in [0.25, 0.3) is 0 Å². The van der Waals surface area contributed by atoms with Crippen molar-refractivity contribution in [3.63, 3.8) is 0 Å². The Labute approximate surface area is 356 Å². The van der Waals surface area contributed by atoms with Gasteiger partial charge in [0.2, 0.25) is 0 Å². The van der Waals surface area contributed by atoms with Crippen molar-refractivity contribution in [2.45, 2.75) is 193 Å². The van der Waals surface area contributed by atoms with Gasteiger partial charge in [-0.15, -0.1) is 0 Å². The van der Waals surface area contributed by atoms with E-state index in [2.05, 4.69) is 60.1 Å². The number of esters is 2. The first-order chi connectivity index (χ1) is 28.5. The summed E-state index contributed by atoms with van der Waals surface area (Å²) in [5, 5.41) is 18.2. The molecule has 0 aliphatic heterocycles. The van der Waals surface area contributed by atoms with Crippen LogP contribution < -0.4 is 5.73 Å². The molecule has 0 aromatic carbocycles. The highest BCUT2D eigenvalue weighted by atomic mass is 31.2. The van der Waals surface area contributed by atoms with Crippen molar-refractivity contribution in [1.82, 2.24) is 0 Å². The predicted octanol–water partition coefficient (Wildman–Crippen LogP) is 10.9. The number of aliphatic hydroxyl groups is 1. The summed E-state index contributed by atoms with van der Waals surface area (Å²) in [5.41, 5.74) is 5.33. The van der Waals surface area contributed by atoms with Crippen molar-refractivity contribution in [2.24, 2.45) is 5.73 Å². The molecule has 0 aliphatic rings.